The summed E-state index contributed by atoms with van der Waals surface area (Å²) in [6.45, 7) is 3.07. The molecule has 27 heavy (non-hydrogen) atoms. The molecule has 4 rings (SSSR count). The number of rotatable bonds is 5. The van der Waals surface area contributed by atoms with Crippen molar-refractivity contribution >= 4 is 29.5 Å². The Morgan fingerprint density at radius 2 is 2.11 bits per heavy atom. The number of hydrogen-bond acceptors (Lipinski definition) is 6. The fourth-order valence-corrected chi connectivity index (χ4v) is 4.97. The lowest BCUT2D eigenvalue weighted by atomic mass is 10.0. The van der Waals surface area contributed by atoms with Gasteiger partial charge in [0.15, 0.2) is 0 Å². The van der Waals surface area contributed by atoms with Gasteiger partial charge in [-0.3, -0.25) is 19.7 Å². The fourth-order valence-electron chi connectivity index (χ4n) is 4.16. The Hall–Kier alpha value is -1.90. The number of carbonyl (C=O) groups is 3. The van der Waals surface area contributed by atoms with Crippen molar-refractivity contribution in [2.75, 3.05) is 19.3 Å². The summed E-state index contributed by atoms with van der Waals surface area (Å²) in [6, 6.07) is 5.61. The van der Waals surface area contributed by atoms with Crippen molar-refractivity contribution in [1.29, 1.82) is 0 Å². The first-order valence-electron chi connectivity index (χ1n) is 9.31. The summed E-state index contributed by atoms with van der Waals surface area (Å²) in [5, 5.41) is 9.92. The summed E-state index contributed by atoms with van der Waals surface area (Å²) < 4.78 is 0. The summed E-state index contributed by atoms with van der Waals surface area (Å²) in [5.74, 6) is -0.753. The predicted octanol–water partition coefficient (Wildman–Crippen LogP) is 0.241. The second kappa shape index (κ2) is 7.61. The van der Waals surface area contributed by atoms with Crippen LogP contribution in [0.15, 0.2) is 18.2 Å². The first kappa shape index (κ1) is 18.5. The molecule has 1 aromatic carbocycles. The van der Waals surface area contributed by atoms with Crippen LogP contribution in [-0.4, -0.2) is 59.3 Å². The van der Waals surface area contributed by atoms with Gasteiger partial charge in [-0.05, 0) is 29.9 Å². The van der Waals surface area contributed by atoms with Crippen LogP contribution in [0.1, 0.15) is 34.3 Å². The van der Waals surface area contributed by atoms with Crippen molar-refractivity contribution in [3.63, 3.8) is 0 Å². The Morgan fingerprint density at radius 1 is 1.26 bits per heavy atom. The number of amides is 3. The van der Waals surface area contributed by atoms with Gasteiger partial charge in [0.25, 0.3) is 5.91 Å². The largest absolute Gasteiger partial charge is 0.322 e. The summed E-state index contributed by atoms with van der Waals surface area (Å²) in [4.78, 5) is 38.1. The molecule has 0 aliphatic carbocycles. The van der Waals surface area contributed by atoms with Crippen LogP contribution in [0.2, 0.25) is 0 Å². The maximum absolute atomic E-state index is 12.9. The first-order chi connectivity index (χ1) is 13.1. The van der Waals surface area contributed by atoms with Gasteiger partial charge in [-0.1, -0.05) is 12.1 Å². The van der Waals surface area contributed by atoms with Crippen molar-refractivity contribution < 1.29 is 14.4 Å². The molecule has 0 saturated carbocycles. The van der Waals surface area contributed by atoms with Crippen LogP contribution in [0, 0.1) is 0 Å². The molecular weight excluding hydrogens is 364 g/mol. The normalized spacial score (nSPS) is 27.8. The quantitative estimate of drug-likeness (QED) is 0.626. The smallest absolute Gasteiger partial charge is 0.255 e. The number of thioether (sulfide) groups is 1. The Bertz CT molecular complexity index is 784. The van der Waals surface area contributed by atoms with Gasteiger partial charge in [-0.2, -0.15) is 11.8 Å². The standard InChI is InChI=1S/C19H24N4O3S/c1-27-16-9-20-8-14(16)21-7-11-3-2-4-12-13(11)10-23(19(12)26)15-5-6-17(24)22-18(15)25/h2-4,14-16,20-21H,5-10H2,1H3,(H,22,24,25)/t14-,15?,16-/m1/s1. The van der Waals surface area contributed by atoms with Crippen molar-refractivity contribution in [3.8, 4) is 0 Å². The van der Waals surface area contributed by atoms with Crippen LogP contribution in [0.5, 0.6) is 0 Å². The molecule has 3 amide bonds. The third-order valence-electron chi connectivity index (χ3n) is 5.70. The molecule has 0 aromatic heterocycles. The topological polar surface area (TPSA) is 90.5 Å². The van der Waals surface area contributed by atoms with Gasteiger partial charge in [-0.15, -0.1) is 0 Å². The van der Waals surface area contributed by atoms with E-state index < -0.39 is 6.04 Å². The SMILES string of the molecule is CS[C@@H]1CNC[C@H]1NCc1cccc2c1CN(C1CCC(=O)NC1=O)C2=O. The zero-order chi connectivity index (χ0) is 19.0. The predicted molar refractivity (Wildman–Crippen MR) is 103 cm³/mol. The molecule has 3 aliphatic heterocycles. The number of fused-ring (bicyclic) bond motifs is 1. The van der Waals surface area contributed by atoms with Crippen molar-refractivity contribution in [3.05, 3.63) is 34.9 Å². The van der Waals surface area contributed by atoms with Crippen molar-refractivity contribution in [2.45, 2.75) is 43.3 Å². The number of hydrogen-bond donors (Lipinski definition) is 3. The van der Waals surface area contributed by atoms with E-state index in [0.717, 1.165) is 24.2 Å². The molecule has 0 radical (unpaired) electrons. The molecule has 0 spiro atoms. The molecule has 2 fully saturated rings. The molecule has 3 aliphatic rings. The molecule has 3 atom stereocenters. The van der Waals surface area contributed by atoms with E-state index >= 15 is 0 Å². The number of piperidine rings is 1. The summed E-state index contributed by atoms with van der Waals surface area (Å²) >= 11 is 1.86. The van der Waals surface area contributed by atoms with E-state index in [1.54, 1.807) is 4.90 Å². The minimum Gasteiger partial charge on any atom is -0.322 e. The van der Waals surface area contributed by atoms with Gasteiger partial charge in [-0.25, -0.2) is 0 Å². The maximum atomic E-state index is 12.9. The lowest BCUT2D eigenvalue weighted by molar-refractivity contribution is -0.136. The second-order valence-corrected chi connectivity index (χ2v) is 8.34. The van der Waals surface area contributed by atoms with Crippen LogP contribution in [-0.2, 0) is 22.7 Å². The zero-order valence-corrected chi connectivity index (χ0v) is 16.1. The average molecular weight is 388 g/mol. The molecule has 1 unspecified atom stereocenters. The molecule has 1 aromatic rings. The van der Waals surface area contributed by atoms with Crippen LogP contribution in [0.4, 0.5) is 0 Å². The molecular formula is C19H24N4O3S. The number of imide groups is 1. The first-order valence-corrected chi connectivity index (χ1v) is 10.6. The van der Waals surface area contributed by atoms with Gasteiger partial charge in [0.1, 0.15) is 6.04 Å². The average Bonchev–Trinajstić information content (AvgIpc) is 3.25. The second-order valence-electron chi connectivity index (χ2n) is 7.26. The third-order valence-corrected chi connectivity index (χ3v) is 6.80. The van der Waals surface area contributed by atoms with E-state index in [1.807, 2.05) is 30.0 Å². The Balaban J connectivity index is 1.49. The molecule has 0 bridgehead atoms. The number of nitrogens with one attached hydrogen (secondary N) is 3. The number of benzene rings is 1. The molecule has 2 saturated heterocycles. The monoisotopic (exact) mass is 388 g/mol. The summed E-state index contributed by atoms with van der Waals surface area (Å²) in [6.07, 6.45) is 2.79. The highest BCUT2D eigenvalue weighted by Gasteiger charge is 2.39. The molecule has 8 heteroatoms. The highest BCUT2D eigenvalue weighted by Crippen LogP contribution is 2.30. The van der Waals surface area contributed by atoms with Crippen LogP contribution < -0.4 is 16.0 Å². The van der Waals surface area contributed by atoms with E-state index in [1.165, 1.54) is 0 Å². The zero-order valence-electron chi connectivity index (χ0n) is 15.3. The molecule has 7 nitrogen and oxygen atoms in total. The highest BCUT2D eigenvalue weighted by atomic mass is 32.2. The third kappa shape index (κ3) is 3.49. The maximum Gasteiger partial charge on any atom is 0.255 e. The van der Waals surface area contributed by atoms with Gasteiger partial charge in [0.05, 0.1) is 0 Å². The summed E-state index contributed by atoms with van der Waals surface area (Å²) in [5.41, 5.74) is 2.76. The highest BCUT2D eigenvalue weighted by molar-refractivity contribution is 7.99. The van der Waals surface area contributed by atoms with E-state index in [0.29, 0.717) is 36.4 Å². The molecule has 144 valence electrons. The number of carbonyl (C=O) groups excluding carboxylic acids is 3. The van der Waals surface area contributed by atoms with Gasteiger partial charge >= 0.3 is 0 Å². The minimum absolute atomic E-state index is 0.120. The van der Waals surface area contributed by atoms with Crippen molar-refractivity contribution in [1.82, 2.24) is 20.9 Å². The van der Waals surface area contributed by atoms with Gasteiger partial charge in [0.2, 0.25) is 11.8 Å². The van der Waals surface area contributed by atoms with E-state index in [-0.39, 0.29) is 24.1 Å². The Labute approximate surface area is 162 Å². The van der Waals surface area contributed by atoms with E-state index in [2.05, 4.69) is 22.2 Å². The van der Waals surface area contributed by atoms with Crippen molar-refractivity contribution in [2.24, 2.45) is 0 Å². The van der Waals surface area contributed by atoms with Crippen LogP contribution in [0.25, 0.3) is 0 Å². The fraction of sp³-hybridized carbons (Fsp3) is 0.526. The van der Waals surface area contributed by atoms with Gasteiger partial charge in [0, 0.05) is 49.5 Å². The lowest BCUT2D eigenvalue weighted by Gasteiger charge is -2.29. The van der Waals surface area contributed by atoms with Gasteiger partial charge < -0.3 is 15.5 Å². The van der Waals surface area contributed by atoms with E-state index in [9.17, 15) is 14.4 Å². The molecule has 3 heterocycles. The summed E-state index contributed by atoms with van der Waals surface area (Å²) in [7, 11) is 0. The Kier molecular flexibility index (Phi) is 5.21. The lowest BCUT2D eigenvalue weighted by Crippen LogP contribution is -2.52. The molecule has 3 N–H and O–H groups in total. The minimum atomic E-state index is -0.566. The van der Waals surface area contributed by atoms with E-state index in [4.69, 9.17) is 0 Å². The number of nitrogens with zero attached hydrogens (tertiary/aromatic N) is 1. The Morgan fingerprint density at radius 3 is 2.89 bits per heavy atom. The van der Waals surface area contributed by atoms with Crippen LogP contribution in [0.3, 0.4) is 0 Å². The van der Waals surface area contributed by atoms with Crippen LogP contribution >= 0.6 is 11.8 Å².